The Morgan fingerprint density at radius 1 is 1.11 bits per heavy atom. The van der Waals surface area contributed by atoms with Crippen LogP contribution in [0.4, 0.5) is 4.79 Å². The molecule has 1 fully saturated rings. The number of amides is 4. The van der Waals surface area contributed by atoms with Gasteiger partial charge in [-0.15, -0.1) is 0 Å². The number of ketones is 1. The Morgan fingerprint density at radius 3 is 2.43 bits per heavy atom. The summed E-state index contributed by atoms with van der Waals surface area (Å²) in [7, 11) is 0. The Labute approximate surface area is 216 Å². The molecule has 1 saturated heterocycles. The van der Waals surface area contributed by atoms with Gasteiger partial charge >= 0.3 is 6.09 Å². The van der Waals surface area contributed by atoms with Gasteiger partial charge in [0.15, 0.2) is 0 Å². The van der Waals surface area contributed by atoms with Crippen molar-refractivity contribution in [2.75, 3.05) is 13.1 Å². The molecule has 0 radical (unpaired) electrons. The highest BCUT2D eigenvalue weighted by Crippen LogP contribution is 2.23. The Morgan fingerprint density at radius 2 is 1.81 bits per heavy atom. The standard InChI is InChI=1S/C25H38N6O6/c1-5-14(4)20(28-23(34)18(9-13(2)3)27-25(36)37)21(32)24(35)31-11-15(12-31)22(33)26-10-19-16-7-6-8-17(16)29-30-19/h13-15,18,20,27H,5-12H2,1-4H3,(H,26,33)(H,28,34)(H,29,30)(H,36,37). The van der Waals surface area contributed by atoms with Gasteiger partial charge in [0, 0.05) is 18.8 Å². The minimum atomic E-state index is -1.34. The highest BCUT2D eigenvalue weighted by molar-refractivity contribution is 6.38. The smallest absolute Gasteiger partial charge is 0.405 e. The van der Waals surface area contributed by atoms with Gasteiger partial charge in [-0.05, 0) is 43.1 Å². The normalized spacial score (nSPS) is 17.4. The van der Waals surface area contributed by atoms with Gasteiger partial charge in [-0.2, -0.15) is 5.10 Å². The Kier molecular flexibility index (Phi) is 9.28. The van der Waals surface area contributed by atoms with E-state index in [4.69, 9.17) is 5.11 Å². The van der Waals surface area contributed by atoms with E-state index < -0.39 is 41.7 Å². The minimum absolute atomic E-state index is 0.0279. The molecular weight excluding hydrogens is 480 g/mol. The van der Waals surface area contributed by atoms with Crippen LogP contribution in [0, 0.1) is 17.8 Å². The van der Waals surface area contributed by atoms with E-state index in [0.717, 1.165) is 30.7 Å². The molecule has 204 valence electrons. The zero-order valence-electron chi connectivity index (χ0n) is 21.9. The largest absolute Gasteiger partial charge is 0.465 e. The maximum atomic E-state index is 13.1. The zero-order valence-corrected chi connectivity index (χ0v) is 21.9. The molecule has 3 unspecified atom stereocenters. The van der Waals surface area contributed by atoms with E-state index in [2.05, 4.69) is 26.1 Å². The van der Waals surface area contributed by atoms with Crippen molar-refractivity contribution in [3.8, 4) is 0 Å². The summed E-state index contributed by atoms with van der Waals surface area (Å²) >= 11 is 0. The van der Waals surface area contributed by atoms with Crippen LogP contribution in [-0.4, -0.2) is 75.0 Å². The predicted octanol–water partition coefficient (Wildman–Crippen LogP) is 0.755. The number of carbonyl (C=O) groups is 5. The fourth-order valence-electron chi connectivity index (χ4n) is 4.76. The van der Waals surface area contributed by atoms with E-state index >= 15 is 0 Å². The van der Waals surface area contributed by atoms with Gasteiger partial charge in [-0.1, -0.05) is 34.1 Å². The minimum Gasteiger partial charge on any atom is -0.465 e. The summed E-state index contributed by atoms with van der Waals surface area (Å²) in [5.41, 5.74) is 3.13. The molecule has 1 aliphatic heterocycles. The fraction of sp³-hybridized carbons (Fsp3) is 0.680. The molecule has 0 aromatic carbocycles. The number of fused-ring (bicyclic) bond motifs is 1. The van der Waals surface area contributed by atoms with Crippen molar-refractivity contribution in [1.29, 1.82) is 0 Å². The van der Waals surface area contributed by atoms with Crippen molar-refractivity contribution in [1.82, 2.24) is 31.0 Å². The third-order valence-electron chi connectivity index (χ3n) is 7.19. The van der Waals surface area contributed by atoms with Gasteiger partial charge in [0.05, 0.1) is 24.2 Å². The maximum absolute atomic E-state index is 13.1. The Bertz CT molecular complexity index is 1030. The number of nitrogens with one attached hydrogen (secondary N) is 4. The van der Waals surface area contributed by atoms with E-state index in [-0.39, 0.29) is 37.3 Å². The maximum Gasteiger partial charge on any atom is 0.405 e. The third-order valence-corrected chi connectivity index (χ3v) is 7.19. The summed E-state index contributed by atoms with van der Waals surface area (Å²) in [6, 6.07) is -2.13. The molecule has 0 saturated carbocycles. The van der Waals surface area contributed by atoms with Crippen LogP contribution in [0.3, 0.4) is 0 Å². The average Bonchev–Trinajstić information content (AvgIpc) is 3.42. The Balaban J connectivity index is 1.54. The van der Waals surface area contributed by atoms with Gasteiger partial charge in [-0.25, -0.2) is 4.79 Å². The number of hydrogen-bond donors (Lipinski definition) is 5. The molecule has 1 aromatic heterocycles. The second-order valence-electron chi connectivity index (χ2n) is 10.5. The first-order valence-electron chi connectivity index (χ1n) is 13.0. The number of likely N-dealkylation sites (tertiary alicyclic amines) is 1. The molecule has 3 rings (SSSR count). The molecule has 2 heterocycles. The lowest BCUT2D eigenvalue weighted by Crippen LogP contribution is -2.61. The molecular formula is C25H38N6O6. The number of nitrogens with zero attached hydrogens (tertiary/aromatic N) is 2. The number of hydrogen-bond acceptors (Lipinski definition) is 6. The summed E-state index contributed by atoms with van der Waals surface area (Å²) in [4.78, 5) is 63.8. The fourth-order valence-corrected chi connectivity index (χ4v) is 4.76. The number of carboxylic acid groups (broad SMARTS) is 1. The monoisotopic (exact) mass is 518 g/mol. The molecule has 1 aliphatic carbocycles. The summed E-state index contributed by atoms with van der Waals surface area (Å²) in [5, 5.41) is 24.0. The van der Waals surface area contributed by atoms with Crippen LogP contribution in [0.5, 0.6) is 0 Å². The summed E-state index contributed by atoms with van der Waals surface area (Å²) in [6.07, 6.45) is 2.42. The van der Waals surface area contributed by atoms with E-state index in [1.807, 2.05) is 20.8 Å². The average molecular weight is 519 g/mol. The van der Waals surface area contributed by atoms with Crippen LogP contribution in [-0.2, 0) is 38.6 Å². The van der Waals surface area contributed by atoms with E-state index in [1.165, 1.54) is 10.5 Å². The van der Waals surface area contributed by atoms with Crippen molar-refractivity contribution >= 4 is 29.6 Å². The van der Waals surface area contributed by atoms with Crippen LogP contribution >= 0.6 is 0 Å². The second-order valence-corrected chi connectivity index (χ2v) is 10.5. The third kappa shape index (κ3) is 6.86. The summed E-state index contributed by atoms with van der Waals surface area (Å²) < 4.78 is 0. The molecule has 2 aliphatic rings. The van der Waals surface area contributed by atoms with Gasteiger partial charge in [0.2, 0.25) is 17.6 Å². The van der Waals surface area contributed by atoms with Crippen molar-refractivity contribution in [3.63, 3.8) is 0 Å². The quantitative estimate of drug-likeness (QED) is 0.254. The molecule has 0 bridgehead atoms. The number of H-pyrrole nitrogens is 1. The van der Waals surface area contributed by atoms with Crippen LogP contribution in [0.15, 0.2) is 0 Å². The van der Waals surface area contributed by atoms with E-state index in [9.17, 15) is 24.0 Å². The number of aromatic nitrogens is 2. The topological polar surface area (TPSA) is 174 Å². The molecule has 37 heavy (non-hydrogen) atoms. The number of aromatic amines is 1. The number of rotatable bonds is 12. The van der Waals surface area contributed by atoms with Crippen LogP contribution in [0.2, 0.25) is 0 Å². The van der Waals surface area contributed by atoms with Gasteiger partial charge < -0.3 is 26.0 Å². The zero-order chi connectivity index (χ0) is 27.3. The lowest BCUT2D eigenvalue weighted by atomic mass is 9.91. The second kappa shape index (κ2) is 12.2. The lowest BCUT2D eigenvalue weighted by Gasteiger charge is -2.38. The molecule has 5 N–H and O–H groups in total. The van der Waals surface area contributed by atoms with Crippen LogP contribution < -0.4 is 16.0 Å². The molecule has 1 aromatic rings. The first-order chi connectivity index (χ1) is 17.5. The van der Waals surface area contributed by atoms with Crippen molar-refractivity contribution < 1.29 is 29.1 Å². The van der Waals surface area contributed by atoms with Gasteiger partial charge in [-0.3, -0.25) is 24.3 Å². The van der Waals surface area contributed by atoms with Crippen molar-refractivity contribution in [2.24, 2.45) is 17.8 Å². The molecule has 4 amide bonds. The predicted molar refractivity (Wildman–Crippen MR) is 133 cm³/mol. The molecule has 12 nitrogen and oxygen atoms in total. The van der Waals surface area contributed by atoms with E-state index in [1.54, 1.807) is 6.92 Å². The number of carbonyl (C=O) groups excluding carboxylic acids is 4. The lowest BCUT2D eigenvalue weighted by molar-refractivity contribution is -0.153. The summed E-state index contributed by atoms with van der Waals surface area (Å²) in [6.45, 7) is 7.83. The summed E-state index contributed by atoms with van der Waals surface area (Å²) in [5.74, 6) is -3.11. The highest BCUT2D eigenvalue weighted by atomic mass is 16.4. The SMILES string of the molecule is CCC(C)C(NC(=O)C(CC(C)C)NC(=O)O)C(=O)C(=O)N1CC(C(=O)NCc2n[nH]c3c2CCC3)C1. The van der Waals surface area contributed by atoms with Crippen LogP contribution in [0.1, 0.15) is 63.9 Å². The highest BCUT2D eigenvalue weighted by Gasteiger charge is 2.41. The molecule has 0 spiro atoms. The number of aryl methyl sites for hydroxylation is 1. The number of Topliss-reactive ketones (excluding diaryl/α,β-unsaturated/α-hetero) is 1. The van der Waals surface area contributed by atoms with E-state index in [0.29, 0.717) is 13.0 Å². The van der Waals surface area contributed by atoms with Crippen molar-refractivity contribution in [3.05, 3.63) is 17.0 Å². The first-order valence-corrected chi connectivity index (χ1v) is 13.0. The Hall–Kier alpha value is -3.44. The molecule has 3 atom stereocenters. The van der Waals surface area contributed by atoms with Crippen molar-refractivity contribution in [2.45, 2.75) is 78.4 Å². The van der Waals surface area contributed by atoms with Crippen LogP contribution in [0.25, 0.3) is 0 Å². The molecule has 12 heteroatoms. The van der Waals surface area contributed by atoms with Gasteiger partial charge in [0.1, 0.15) is 6.04 Å². The van der Waals surface area contributed by atoms with Gasteiger partial charge in [0.25, 0.3) is 5.91 Å². The first kappa shape index (κ1) is 28.1.